The van der Waals surface area contributed by atoms with Gasteiger partial charge in [-0.05, 0) is 41.7 Å². The number of likely N-dealkylation sites (N-methyl/N-ethyl adjacent to an activating group) is 1. The number of carbonyl (C=O) groups is 1. The van der Waals surface area contributed by atoms with E-state index in [-0.39, 0.29) is 16.9 Å². The van der Waals surface area contributed by atoms with Crippen LogP contribution in [-0.4, -0.2) is 36.1 Å². The number of fused-ring (bicyclic) bond motifs is 1. The fourth-order valence-corrected chi connectivity index (χ4v) is 4.45. The van der Waals surface area contributed by atoms with Crippen LogP contribution in [0.5, 0.6) is 0 Å². The van der Waals surface area contributed by atoms with Gasteiger partial charge in [-0.1, -0.05) is 61.9 Å². The third kappa shape index (κ3) is 4.67. The molecule has 2 N–H and O–H groups in total. The quantitative estimate of drug-likeness (QED) is 0.359. The molecule has 0 atom stereocenters. The van der Waals surface area contributed by atoms with E-state index in [1.807, 2.05) is 26.2 Å². The van der Waals surface area contributed by atoms with Crippen molar-refractivity contribution in [3.8, 4) is 11.1 Å². The number of hydrogen-bond donors (Lipinski definition) is 1. The molecule has 0 aliphatic carbocycles. The zero-order chi connectivity index (χ0) is 24.3. The zero-order valence-electron chi connectivity index (χ0n) is 20.7. The van der Waals surface area contributed by atoms with E-state index in [4.69, 9.17) is 10.7 Å². The zero-order valence-corrected chi connectivity index (χ0v) is 20.7. The Kier molecular flexibility index (Phi) is 6.96. The first-order chi connectivity index (χ1) is 16.3. The molecule has 0 radical (unpaired) electrons. The summed E-state index contributed by atoms with van der Waals surface area (Å²) in [5.41, 5.74) is 13.6. The number of imidazole rings is 1. The molecule has 1 amide bonds. The Morgan fingerprint density at radius 1 is 1.03 bits per heavy atom. The van der Waals surface area contributed by atoms with E-state index in [1.165, 1.54) is 22.3 Å². The highest BCUT2D eigenvalue weighted by Gasteiger charge is 2.28. The lowest BCUT2D eigenvalue weighted by molar-refractivity contribution is -0.126. The first-order valence-corrected chi connectivity index (χ1v) is 12.1. The van der Waals surface area contributed by atoms with Crippen molar-refractivity contribution < 1.29 is 4.79 Å². The van der Waals surface area contributed by atoms with Crippen LogP contribution in [0, 0.1) is 6.92 Å². The van der Waals surface area contributed by atoms with Crippen LogP contribution in [0.2, 0.25) is 0 Å². The van der Waals surface area contributed by atoms with Gasteiger partial charge in [0.2, 0.25) is 0 Å². The molecule has 0 aliphatic heterocycles. The summed E-state index contributed by atoms with van der Waals surface area (Å²) in [6.07, 6.45) is 3.14. The smallest absolute Gasteiger partial charge is 0.323 e. The van der Waals surface area contributed by atoms with E-state index in [0.717, 1.165) is 48.4 Å². The largest absolute Gasteiger partial charge is 0.331 e. The van der Waals surface area contributed by atoms with Crippen LogP contribution in [0.4, 0.5) is 5.69 Å². The minimum atomic E-state index is -0.0246. The molecule has 0 saturated carbocycles. The van der Waals surface area contributed by atoms with Crippen LogP contribution in [0.25, 0.3) is 22.2 Å². The molecule has 0 saturated heterocycles. The maximum absolute atomic E-state index is 12.5. The first kappa shape index (κ1) is 23.9. The highest BCUT2D eigenvalue weighted by atomic mass is 16.2. The van der Waals surface area contributed by atoms with E-state index in [9.17, 15) is 4.79 Å². The van der Waals surface area contributed by atoms with Crippen LogP contribution < -0.4 is 10.2 Å². The molecule has 1 heterocycles. The van der Waals surface area contributed by atoms with E-state index >= 15 is 0 Å². The van der Waals surface area contributed by atoms with Crippen LogP contribution in [0.1, 0.15) is 36.7 Å². The minimum absolute atomic E-state index is 0.0132. The average molecular weight is 456 g/mol. The summed E-state index contributed by atoms with van der Waals surface area (Å²) in [6, 6.07) is 23.4. The number of aryl methyl sites for hydroxylation is 2. The fraction of sp³-hybridized carbons (Fsp3) is 0.310. The molecule has 5 heteroatoms. The molecular formula is C29H35N4O+. The predicted octanol–water partition coefficient (Wildman–Crippen LogP) is 5.45. The van der Waals surface area contributed by atoms with Crippen molar-refractivity contribution in [3.05, 3.63) is 83.7 Å². The topological polar surface area (TPSA) is 60.9 Å². The Bertz CT molecular complexity index is 1300. The summed E-state index contributed by atoms with van der Waals surface area (Å²) in [7, 11) is 3.78. The number of unbranched alkanes of at least 4 members (excludes halogenated alkanes) is 1. The fourth-order valence-electron chi connectivity index (χ4n) is 4.45. The summed E-state index contributed by atoms with van der Waals surface area (Å²) in [4.78, 5) is 17.4. The van der Waals surface area contributed by atoms with Crippen LogP contribution in [-0.2, 0) is 17.8 Å². The second-order valence-corrected chi connectivity index (χ2v) is 9.45. The van der Waals surface area contributed by atoms with Crippen molar-refractivity contribution in [3.63, 3.8) is 0 Å². The second-order valence-electron chi connectivity index (χ2n) is 9.45. The van der Waals surface area contributed by atoms with E-state index in [0.29, 0.717) is 0 Å². The molecule has 4 aromatic rings. The van der Waals surface area contributed by atoms with E-state index in [2.05, 4.69) is 73.0 Å². The average Bonchev–Trinajstić information content (AvgIpc) is 3.19. The number of quaternary nitrogens is 1. The van der Waals surface area contributed by atoms with Gasteiger partial charge in [-0.15, -0.1) is 0 Å². The van der Waals surface area contributed by atoms with Gasteiger partial charge in [0, 0.05) is 25.1 Å². The summed E-state index contributed by atoms with van der Waals surface area (Å²) in [6.45, 7) is 5.10. The second kappa shape index (κ2) is 9.92. The van der Waals surface area contributed by atoms with Crippen LogP contribution >= 0.6 is 0 Å². The number of amides is 1. The van der Waals surface area contributed by atoms with Gasteiger partial charge in [0.1, 0.15) is 18.1 Å². The third-order valence-electron chi connectivity index (χ3n) is 6.76. The van der Waals surface area contributed by atoms with Gasteiger partial charge in [0.15, 0.2) is 0 Å². The number of nitrogens with zero attached hydrogens (tertiary/aromatic N) is 3. The molecule has 0 unspecified atom stereocenters. The van der Waals surface area contributed by atoms with Crippen LogP contribution in [0.3, 0.4) is 0 Å². The number of carbonyl (C=O) groups excluding carboxylic acids is 1. The number of hydrogen-bond acceptors (Lipinski definition) is 3. The van der Waals surface area contributed by atoms with Gasteiger partial charge in [-0.3, -0.25) is 0 Å². The summed E-state index contributed by atoms with van der Waals surface area (Å²) in [5, 5.41) is 0. The monoisotopic (exact) mass is 455 g/mol. The Morgan fingerprint density at radius 2 is 1.76 bits per heavy atom. The molecule has 0 fully saturated rings. The maximum atomic E-state index is 12.5. The summed E-state index contributed by atoms with van der Waals surface area (Å²) < 4.78 is 2.43. The minimum Gasteiger partial charge on any atom is -0.323 e. The standard InChI is InChI=1S/C29H35N4O/c1-5-6-11-28-31-26-17-16-24(33(3,4)29(34)19-30)18-27(26)32(28)20-22-12-14-23(15-13-22)25-10-8-7-9-21(25)2/h7-10,12-18H,5-6,11,19-20,30H2,1-4H3/q+1. The lowest BCUT2D eigenvalue weighted by atomic mass is 9.99. The first-order valence-electron chi connectivity index (χ1n) is 12.1. The van der Waals surface area contributed by atoms with Gasteiger partial charge in [0.25, 0.3) is 0 Å². The summed E-state index contributed by atoms with van der Waals surface area (Å²) >= 11 is 0. The van der Waals surface area contributed by atoms with Crippen LogP contribution in [0.15, 0.2) is 66.7 Å². The molecule has 5 nitrogen and oxygen atoms in total. The maximum Gasteiger partial charge on any atom is 0.331 e. The lowest BCUT2D eigenvalue weighted by Gasteiger charge is -2.25. The molecule has 0 aliphatic rings. The molecular weight excluding hydrogens is 420 g/mol. The molecule has 3 aromatic carbocycles. The van der Waals surface area contributed by atoms with Gasteiger partial charge in [0.05, 0.1) is 25.1 Å². The SMILES string of the molecule is CCCCc1nc2ccc([N+](C)(C)C(=O)CN)cc2n1Cc1ccc(-c2ccccc2C)cc1. The Hall–Kier alpha value is -3.28. The third-order valence-corrected chi connectivity index (χ3v) is 6.76. The number of nitrogens with two attached hydrogens (primary N) is 1. The Labute approximate surface area is 202 Å². The number of rotatable bonds is 8. The van der Waals surface area contributed by atoms with E-state index in [1.54, 1.807) is 0 Å². The Balaban J connectivity index is 1.73. The molecule has 0 spiro atoms. The summed E-state index contributed by atoms with van der Waals surface area (Å²) in [5.74, 6) is 1.07. The number of benzene rings is 3. The van der Waals surface area contributed by atoms with Gasteiger partial charge in [-0.2, -0.15) is 0 Å². The van der Waals surface area contributed by atoms with Crippen molar-refractivity contribution in [2.24, 2.45) is 5.73 Å². The normalized spacial score (nSPS) is 11.8. The lowest BCUT2D eigenvalue weighted by Crippen LogP contribution is -2.49. The van der Waals surface area contributed by atoms with Crippen molar-refractivity contribution in [2.45, 2.75) is 39.7 Å². The molecule has 34 heavy (non-hydrogen) atoms. The molecule has 176 valence electrons. The van der Waals surface area contributed by atoms with Crippen molar-refractivity contribution in [1.82, 2.24) is 14.0 Å². The number of aromatic nitrogens is 2. The van der Waals surface area contributed by atoms with Crippen molar-refractivity contribution in [2.75, 3.05) is 20.6 Å². The highest BCUT2D eigenvalue weighted by molar-refractivity contribution is 5.91. The molecule has 4 rings (SSSR count). The van der Waals surface area contributed by atoms with Gasteiger partial charge < -0.3 is 10.3 Å². The van der Waals surface area contributed by atoms with Gasteiger partial charge in [-0.25, -0.2) is 14.3 Å². The Morgan fingerprint density at radius 3 is 2.44 bits per heavy atom. The molecule has 0 bridgehead atoms. The predicted molar refractivity (Wildman–Crippen MR) is 142 cm³/mol. The van der Waals surface area contributed by atoms with Gasteiger partial charge >= 0.3 is 5.91 Å². The van der Waals surface area contributed by atoms with E-state index < -0.39 is 0 Å². The highest BCUT2D eigenvalue weighted by Crippen LogP contribution is 2.28. The van der Waals surface area contributed by atoms with Crippen molar-refractivity contribution in [1.29, 1.82) is 0 Å². The molecule has 1 aromatic heterocycles. The van der Waals surface area contributed by atoms with Crippen molar-refractivity contribution >= 4 is 22.6 Å².